The number of aromatic nitrogens is 1. The first-order chi connectivity index (χ1) is 12.2. The highest BCUT2D eigenvalue weighted by molar-refractivity contribution is 7.09. The molecule has 2 fully saturated rings. The second-order valence-corrected chi connectivity index (χ2v) is 8.03. The summed E-state index contributed by atoms with van der Waals surface area (Å²) in [4.78, 5) is 7.30. The molecular weight excluding hydrogens is 370 g/mol. The number of hydrogen-bond donors (Lipinski definition) is 1. The highest BCUT2D eigenvalue weighted by Gasteiger charge is 2.40. The zero-order valence-electron chi connectivity index (χ0n) is 15.1. The molecular formula is C19H26ClN3O2S. The van der Waals surface area contributed by atoms with E-state index in [-0.39, 0.29) is 12.4 Å². The summed E-state index contributed by atoms with van der Waals surface area (Å²) in [7, 11) is 1.67. The van der Waals surface area contributed by atoms with Gasteiger partial charge >= 0.3 is 0 Å². The highest BCUT2D eigenvalue weighted by atomic mass is 35.5. The van der Waals surface area contributed by atoms with Crippen LogP contribution in [0.15, 0.2) is 29.6 Å². The average Bonchev–Trinajstić information content (AvgIpc) is 3.37. The summed E-state index contributed by atoms with van der Waals surface area (Å²) in [6.07, 6.45) is 2.64. The van der Waals surface area contributed by atoms with Crippen molar-refractivity contribution in [3.05, 3.63) is 40.3 Å². The molecule has 0 aliphatic carbocycles. The van der Waals surface area contributed by atoms with E-state index in [9.17, 15) is 0 Å². The topological polar surface area (TPSA) is 46.6 Å². The molecule has 0 radical (unpaired) electrons. The van der Waals surface area contributed by atoms with Crippen molar-refractivity contribution in [1.82, 2.24) is 15.2 Å². The van der Waals surface area contributed by atoms with Crippen LogP contribution in [0.4, 0.5) is 0 Å². The molecule has 0 saturated carbocycles. The van der Waals surface area contributed by atoms with Gasteiger partial charge in [-0.25, -0.2) is 4.98 Å². The van der Waals surface area contributed by atoms with Crippen LogP contribution in [0.2, 0.25) is 0 Å². The fraction of sp³-hybridized carbons (Fsp3) is 0.526. The molecule has 1 N–H and O–H groups in total. The maximum absolute atomic E-state index is 5.82. The fourth-order valence-corrected chi connectivity index (χ4v) is 4.54. The molecule has 1 unspecified atom stereocenters. The van der Waals surface area contributed by atoms with E-state index >= 15 is 0 Å². The van der Waals surface area contributed by atoms with Gasteiger partial charge in [-0.05, 0) is 55.6 Å². The van der Waals surface area contributed by atoms with Gasteiger partial charge < -0.3 is 14.8 Å². The molecule has 5 nitrogen and oxygen atoms in total. The van der Waals surface area contributed by atoms with Gasteiger partial charge in [0, 0.05) is 25.0 Å². The number of methoxy groups -OCH3 is 1. The Labute approximate surface area is 165 Å². The van der Waals surface area contributed by atoms with Crippen LogP contribution in [0.25, 0.3) is 0 Å². The standard InChI is InChI=1S/C19H25N3O2S.ClH/c1-23-16-2-4-17(5-3-16)24-11-18-21-15(12-25-18)10-22-9-7-19(14-22)6-8-20-13-19;/h2-5,12,20H,6-11,13-14H2,1H3;1H. The van der Waals surface area contributed by atoms with Crippen molar-refractivity contribution in [3.8, 4) is 11.5 Å². The summed E-state index contributed by atoms with van der Waals surface area (Å²) in [5.74, 6) is 1.68. The molecule has 7 heteroatoms. The van der Waals surface area contributed by atoms with Gasteiger partial charge in [0.2, 0.25) is 0 Å². The summed E-state index contributed by atoms with van der Waals surface area (Å²) in [6.45, 7) is 6.23. The van der Waals surface area contributed by atoms with Crippen LogP contribution in [0.5, 0.6) is 11.5 Å². The van der Waals surface area contributed by atoms with Crippen molar-refractivity contribution in [3.63, 3.8) is 0 Å². The van der Waals surface area contributed by atoms with Crippen LogP contribution >= 0.6 is 23.7 Å². The molecule has 0 bridgehead atoms. The number of nitrogens with one attached hydrogen (secondary N) is 1. The predicted octanol–water partition coefficient (Wildman–Crippen LogP) is 3.34. The van der Waals surface area contributed by atoms with E-state index in [0.29, 0.717) is 12.0 Å². The SMILES string of the molecule is COc1ccc(OCc2nc(CN3CCC4(CCNC4)C3)cs2)cc1.Cl. The van der Waals surface area contributed by atoms with Gasteiger partial charge in [-0.2, -0.15) is 0 Å². The van der Waals surface area contributed by atoms with Crippen molar-refractivity contribution < 1.29 is 9.47 Å². The Hall–Kier alpha value is -1.34. The molecule has 1 spiro atoms. The Morgan fingerprint density at radius 3 is 2.77 bits per heavy atom. The molecule has 2 saturated heterocycles. The second-order valence-electron chi connectivity index (χ2n) is 7.08. The first kappa shape index (κ1) is 19.4. The lowest BCUT2D eigenvalue weighted by atomic mass is 9.87. The Kier molecular flexibility index (Phi) is 6.40. The van der Waals surface area contributed by atoms with E-state index in [0.717, 1.165) is 23.1 Å². The van der Waals surface area contributed by atoms with E-state index in [1.54, 1.807) is 18.4 Å². The molecule has 0 amide bonds. The molecule has 3 heterocycles. The smallest absolute Gasteiger partial charge is 0.140 e. The summed E-state index contributed by atoms with van der Waals surface area (Å²) in [6, 6.07) is 7.66. The Balaban J connectivity index is 0.00000196. The molecule has 1 aromatic heterocycles. The summed E-state index contributed by atoms with van der Waals surface area (Å²) in [5.41, 5.74) is 1.69. The summed E-state index contributed by atoms with van der Waals surface area (Å²) in [5, 5.41) is 6.72. The van der Waals surface area contributed by atoms with Gasteiger partial charge in [-0.1, -0.05) is 0 Å². The van der Waals surface area contributed by atoms with Gasteiger partial charge in [-0.15, -0.1) is 23.7 Å². The Morgan fingerprint density at radius 1 is 1.23 bits per heavy atom. The molecule has 2 aromatic rings. The normalized spacial score (nSPS) is 22.5. The maximum atomic E-state index is 5.82. The molecule has 2 aliphatic rings. The average molecular weight is 396 g/mol. The van der Waals surface area contributed by atoms with Crippen LogP contribution in [0.1, 0.15) is 23.5 Å². The van der Waals surface area contributed by atoms with Crippen molar-refractivity contribution in [2.24, 2.45) is 5.41 Å². The van der Waals surface area contributed by atoms with Crippen molar-refractivity contribution >= 4 is 23.7 Å². The minimum Gasteiger partial charge on any atom is -0.497 e. The van der Waals surface area contributed by atoms with Crippen LogP contribution in [0.3, 0.4) is 0 Å². The summed E-state index contributed by atoms with van der Waals surface area (Å²) < 4.78 is 11.0. The predicted molar refractivity (Wildman–Crippen MR) is 107 cm³/mol. The first-order valence-corrected chi connectivity index (χ1v) is 9.76. The van der Waals surface area contributed by atoms with Crippen molar-refractivity contribution in [1.29, 1.82) is 0 Å². The number of ether oxygens (including phenoxy) is 2. The molecule has 2 aliphatic heterocycles. The van der Waals surface area contributed by atoms with Gasteiger partial charge in [0.25, 0.3) is 0 Å². The number of benzene rings is 1. The Bertz CT molecular complexity index is 701. The third kappa shape index (κ3) is 4.49. The van der Waals surface area contributed by atoms with Crippen LogP contribution < -0.4 is 14.8 Å². The summed E-state index contributed by atoms with van der Waals surface area (Å²) >= 11 is 1.68. The lowest BCUT2D eigenvalue weighted by Crippen LogP contribution is -2.29. The number of rotatable bonds is 6. The number of halogens is 1. The van der Waals surface area contributed by atoms with Crippen LogP contribution in [-0.2, 0) is 13.2 Å². The Morgan fingerprint density at radius 2 is 2.04 bits per heavy atom. The zero-order valence-corrected chi connectivity index (χ0v) is 16.7. The minimum atomic E-state index is 0. The van der Waals surface area contributed by atoms with Crippen molar-refractivity contribution in [2.45, 2.75) is 26.0 Å². The van der Waals surface area contributed by atoms with Gasteiger partial charge in [-0.3, -0.25) is 4.90 Å². The van der Waals surface area contributed by atoms with Gasteiger partial charge in [0.15, 0.2) is 0 Å². The third-order valence-corrected chi connectivity index (χ3v) is 6.13. The zero-order chi connectivity index (χ0) is 17.1. The maximum Gasteiger partial charge on any atom is 0.140 e. The van der Waals surface area contributed by atoms with Gasteiger partial charge in [0.1, 0.15) is 23.1 Å². The van der Waals surface area contributed by atoms with E-state index in [1.165, 1.54) is 44.7 Å². The van der Waals surface area contributed by atoms with Crippen LogP contribution in [-0.4, -0.2) is 43.2 Å². The van der Waals surface area contributed by atoms with Gasteiger partial charge in [0.05, 0.1) is 12.8 Å². The second kappa shape index (κ2) is 8.57. The number of nitrogens with zero attached hydrogens (tertiary/aromatic N) is 2. The molecule has 26 heavy (non-hydrogen) atoms. The lowest BCUT2D eigenvalue weighted by molar-refractivity contribution is 0.266. The highest BCUT2D eigenvalue weighted by Crippen LogP contribution is 2.36. The quantitative estimate of drug-likeness (QED) is 0.812. The van der Waals surface area contributed by atoms with E-state index < -0.39 is 0 Å². The molecule has 1 aromatic carbocycles. The first-order valence-electron chi connectivity index (χ1n) is 8.88. The van der Waals surface area contributed by atoms with E-state index in [1.807, 2.05) is 24.3 Å². The van der Waals surface area contributed by atoms with Crippen molar-refractivity contribution in [2.75, 3.05) is 33.3 Å². The lowest BCUT2D eigenvalue weighted by Gasteiger charge is -2.22. The number of likely N-dealkylation sites (tertiary alicyclic amines) is 1. The molecule has 1 atom stereocenters. The van der Waals surface area contributed by atoms with E-state index in [2.05, 4.69) is 15.6 Å². The monoisotopic (exact) mass is 395 g/mol. The number of hydrogen-bond acceptors (Lipinski definition) is 6. The van der Waals surface area contributed by atoms with Crippen LogP contribution in [0, 0.1) is 5.41 Å². The molecule has 142 valence electrons. The number of thiazole rings is 1. The molecule has 4 rings (SSSR count). The minimum absolute atomic E-state index is 0. The third-order valence-electron chi connectivity index (χ3n) is 5.26. The largest absolute Gasteiger partial charge is 0.497 e. The fourth-order valence-electron chi connectivity index (χ4n) is 3.84. The van der Waals surface area contributed by atoms with E-state index in [4.69, 9.17) is 14.5 Å².